The van der Waals surface area contributed by atoms with Crippen molar-refractivity contribution in [2.24, 2.45) is 17.8 Å². The number of epoxide rings is 1. The van der Waals surface area contributed by atoms with Crippen molar-refractivity contribution >= 4 is 25.9 Å². The number of carbonyl (C=O) groups is 3. The Hall–Kier alpha value is -1.39. The van der Waals surface area contributed by atoms with Crippen molar-refractivity contribution in [3.8, 4) is 0 Å². The van der Waals surface area contributed by atoms with Crippen LogP contribution in [-0.2, 0) is 28.3 Å². The molecule has 1 rings (SSSR count). The van der Waals surface area contributed by atoms with Gasteiger partial charge in [0.2, 0.25) is 0 Å². The average Bonchev–Trinajstić information content (AvgIpc) is 3.45. The zero-order valence-electron chi connectivity index (χ0n) is 23.8. The van der Waals surface area contributed by atoms with E-state index in [4.69, 9.17) is 13.9 Å². The summed E-state index contributed by atoms with van der Waals surface area (Å²) in [5.74, 6) is -3.44. The van der Waals surface area contributed by atoms with Gasteiger partial charge in [-0.2, -0.15) is 0 Å². The molecule has 1 fully saturated rings. The Morgan fingerprint density at radius 1 is 1.19 bits per heavy atom. The Morgan fingerprint density at radius 2 is 1.78 bits per heavy atom. The third kappa shape index (κ3) is 8.05. The molecule has 0 aliphatic carbocycles. The van der Waals surface area contributed by atoms with Gasteiger partial charge in [0.1, 0.15) is 23.8 Å². The van der Waals surface area contributed by atoms with Gasteiger partial charge in [0.05, 0.1) is 36.8 Å². The molecule has 0 radical (unpaired) electrons. The molecule has 1 unspecified atom stereocenters. The number of hydrogen-bond donors (Lipinski definition) is 2. The first-order valence-electron chi connectivity index (χ1n) is 12.9. The van der Waals surface area contributed by atoms with Crippen molar-refractivity contribution in [3.05, 3.63) is 12.2 Å². The van der Waals surface area contributed by atoms with Gasteiger partial charge < -0.3 is 24.1 Å². The molecule has 208 valence electrons. The van der Waals surface area contributed by atoms with Crippen molar-refractivity contribution in [1.82, 2.24) is 0 Å². The fourth-order valence-corrected chi connectivity index (χ4v) is 5.70. The monoisotopic (exact) mass is 528 g/mol. The second kappa shape index (κ2) is 12.9. The summed E-state index contributed by atoms with van der Waals surface area (Å²) >= 11 is 0. The van der Waals surface area contributed by atoms with Crippen LogP contribution in [0, 0.1) is 17.8 Å². The van der Waals surface area contributed by atoms with Crippen LogP contribution >= 0.6 is 0 Å². The lowest BCUT2D eigenvalue weighted by molar-refractivity contribution is -0.149. The first-order valence-corrected chi connectivity index (χ1v) is 15.8. The maximum absolute atomic E-state index is 13.9. The Morgan fingerprint density at radius 3 is 2.22 bits per heavy atom. The van der Waals surface area contributed by atoms with Crippen LogP contribution in [0.1, 0.15) is 68.2 Å². The van der Waals surface area contributed by atoms with E-state index in [1.807, 2.05) is 32.9 Å². The van der Waals surface area contributed by atoms with E-state index in [9.17, 15) is 24.6 Å². The third-order valence-corrected chi connectivity index (χ3v) is 12.2. The zero-order chi connectivity index (χ0) is 28.1. The van der Waals surface area contributed by atoms with E-state index in [-0.39, 0.29) is 42.3 Å². The number of aliphatic hydroxyl groups excluding tert-OH is 2. The van der Waals surface area contributed by atoms with Crippen molar-refractivity contribution in [1.29, 1.82) is 0 Å². The largest absolute Gasteiger partial charge is 0.465 e. The zero-order valence-corrected chi connectivity index (χ0v) is 24.8. The fourth-order valence-electron chi connectivity index (χ4n) is 4.32. The molecule has 0 saturated carbocycles. The summed E-state index contributed by atoms with van der Waals surface area (Å²) in [6.45, 7) is 18.3. The van der Waals surface area contributed by atoms with Crippen LogP contribution in [0.5, 0.6) is 0 Å². The minimum atomic E-state index is -2.46. The Balaban J connectivity index is 3.54. The molecule has 7 atom stereocenters. The maximum atomic E-state index is 13.9. The number of carbonyl (C=O) groups excluding carboxylic acids is 3. The van der Waals surface area contributed by atoms with Gasteiger partial charge in [0.25, 0.3) is 0 Å². The molecule has 0 aromatic heterocycles. The molecule has 0 aromatic rings. The van der Waals surface area contributed by atoms with Crippen molar-refractivity contribution < 1.29 is 38.5 Å². The van der Waals surface area contributed by atoms with E-state index in [0.29, 0.717) is 0 Å². The minimum Gasteiger partial charge on any atom is -0.465 e. The molecule has 1 heterocycles. The number of ketones is 2. The highest BCUT2D eigenvalue weighted by atomic mass is 28.4. The van der Waals surface area contributed by atoms with Gasteiger partial charge in [-0.3, -0.25) is 14.4 Å². The summed E-state index contributed by atoms with van der Waals surface area (Å²) < 4.78 is 18.4. The molecule has 0 bridgehead atoms. The highest BCUT2D eigenvalue weighted by Gasteiger charge is 2.64. The van der Waals surface area contributed by atoms with E-state index >= 15 is 0 Å². The van der Waals surface area contributed by atoms with E-state index in [1.54, 1.807) is 6.92 Å². The van der Waals surface area contributed by atoms with Gasteiger partial charge in [-0.25, -0.2) is 0 Å². The van der Waals surface area contributed by atoms with Crippen LogP contribution in [0.2, 0.25) is 18.1 Å². The highest BCUT2D eigenvalue weighted by molar-refractivity contribution is 6.74. The van der Waals surface area contributed by atoms with Gasteiger partial charge in [-0.15, -0.1) is 0 Å². The molecule has 0 amide bonds. The van der Waals surface area contributed by atoms with Gasteiger partial charge >= 0.3 is 5.97 Å². The van der Waals surface area contributed by atoms with Crippen molar-refractivity contribution in [2.45, 2.75) is 110 Å². The molecule has 1 aliphatic heterocycles. The fraction of sp³-hybridized carbons (Fsp3) is 0.815. The number of allylic oxidation sites excluding steroid dienone is 1. The van der Waals surface area contributed by atoms with Crippen LogP contribution < -0.4 is 0 Å². The van der Waals surface area contributed by atoms with E-state index in [1.165, 1.54) is 6.92 Å². The molecule has 36 heavy (non-hydrogen) atoms. The van der Waals surface area contributed by atoms with Gasteiger partial charge in [-0.05, 0) is 32.0 Å². The SMILES string of the molecule is CC=C[C@H](C)[C@H]1OC1(C)[C@@H](O[Si](C)(C)C(C)(C)C)[C@@H](COC(C)=O)C(=O)[C@H](CO)[C@H](O)CC(=O)CC. The first-order chi connectivity index (χ1) is 16.5. The van der Waals surface area contributed by atoms with Crippen LogP contribution in [0.25, 0.3) is 0 Å². The van der Waals surface area contributed by atoms with Crippen LogP contribution in [0.3, 0.4) is 0 Å². The number of Topliss-reactive ketones (excluding diaryl/α,β-unsaturated/α-hetero) is 2. The lowest BCUT2D eigenvalue weighted by Gasteiger charge is -2.43. The normalized spacial score (nSPS) is 24.6. The molecule has 0 spiro atoms. The summed E-state index contributed by atoms with van der Waals surface area (Å²) in [7, 11) is -2.46. The van der Waals surface area contributed by atoms with E-state index < -0.39 is 56.3 Å². The minimum absolute atomic E-state index is 0.0522. The molecule has 2 N–H and O–H groups in total. The lowest BCUT2D eigenvalue weighted by atomic mass is 9.79. The van der Waals surface area contributed by atoms with E-state index in [2.05, 4.69) is 33.9 Å². The van der Waals surface area contributed by atoms with Crippen molar-refractivity contribution in [2.75, 3.05) is 13.2 Å². The Kier molecular flexibility index (Phi) is 11.7. The Labute approximate surface area is 217 Å². The van der Waals surface area contributed by atoms with Gasteiger partial charge in [0, 0.05) is 25.7 Å². The molecular weight excluding hydrogens is 480 g/mol. The number of esters is 1. The molecule has 8 nitrogen and oxygen atoms in total. The second-order valence-corrected chi connectivity index (χ2v) is 16.4. The standard InChI is InChI=1S/C27H48O8Si/c1-11-13-17(3)24-27(8,34-24)25(35-36(9,10)26(5,6)7)21(16-33-18(4)29)23(32)20(15-28)22(31)14-19(30)12-2/h11,13,17,20-22,24-25,28,31H,12,14-16H2,1-10H3/t17-,20+,21-,22+,24+,25-,27?/m0/s1. The molecule has 1 saturated heterocycles. The predicted octanol–water partition coefficient (Wildman–Crippen LogP) is 3.83. The smallest absolute Gasteiger partial charge is 0.302 e. The van der Waals surface area contributed by atoms with Crippen molar-refractivity contribution in [3.63, 3.8) is 0 Å². The quantitative estimate of drug-likeness (QED) is 0.142. The second-order valence-electron chi connectivity index (χ2n) is 11.7. The van der Waals surface area contributed by atoms with Crippen LogP contribution in [0.4, 0.5) is 0 Å². The number of rotatable bonds is 15. The van der Waals surface area contributed by atoms with E-state index in [0.717, 1.165) is 0 Å². The summed E-state index contributed by atoms with van der Waals surface area (Å²) in [5.41, 5.74) is -0.848. The summed E-state index contributed by atoms with van der Waals surface area (Å²) in [4.78, 5) is 37.6. The average molecular weight is 529 g/mol. The topological polar surface area (TPSA) is 123 Å². The number of aliphatic hydroxyl groups is 2. The molecule has 9 heteroatoms. The summed E-state index contributed by atoms with van der Waals surface area (Å²) in [5, 5.41) is 20.6. The van der Waals surface area contributed by atoms with Crippen LogP contribution in [0.15, 0.2) is 12.2 Å². The maximum Gasteiger partial charge on any atom is 0.302 e. The summed E-state index contributed by atoms with van der Waals surface area (Å²) in [6.07, 6.45) is 1.58. The van der Waals surface area contributed by atoms with Crippen LogP contribution in [-0.4, -0.2) is 73.2 Å². The highest BCUT2D eigenvalue weighted by Crippen LogP contribution is 2.50. The Bertz CT molecular complexity index is 802. The number of hydrogen-bond acceptors (Lipinski definition) is 8. The van der Waals surface area contributed by atoms with Gasteiger partial charge in [-0.1, -0.05) is 46.8 Å². The predicted molar refractivity (Wildman–Crippen MR) is 141 cm³/mol. The first kappa shape index (κ1) is 32.6. The molecular formula is C27H48O8Si. The van der Waals surface area contributed by atoms with Gasteiger partial charge in [0.15, 0.2) is 8.32 Å². The summed E-state index contributed by atoms with van der Waals surface area (Å²) in [6, 6.07) is 0. The molecule has 1 aliphatic rings. The third-order valence-electron chi connectivity index (χ3n) is 7.71. The number of ether oxygens (including phenoxy) is 2. The molecule has 0 aromatic carbocycles. The lowest BCUT2D eigenvalue weighted by Crippen LogP contribution is -2.55.